The normalized spacial score (nSPS) is 15.0. The Bertz CT molecular complexity index is 670. The minimum Gasteiger partial charge on any atom is -0.331 e. The number of carbonyl (C=O) groups is 1. The molecule has 0 spiro atoms. The lowest BCUT2D eigenvalue weighted by atomic mass is 10.1. The summed E-state index contributed by atoms with van der Waals surface area (Å²) in [7, 11) is 0. The molecule has 1 amide bonds. The lowest BCUT2D eigenvalue weighted by molar-refractivity contribution is -0.364. The summed E-state index contributed by atoms with van der Waals surface area (Å²) in [6.45, 7) is 2.91. The van der Waals surface area contributed by atoms with Gasteiger partial charge in [0.15, 0.2) is 0 Å². The van der Waals surface area contributed by atoms with Crippen LogP contribution in [0.1, 0.15) is 10.4 Å². The number of halogens is 2. The molecule has 0 saturated carbocycles. The Balaban J connectivity index is 1.67. The van der Waals surface area contributed by atoms with Crippen LogP contribution in [0.3, 0.4) is 0 Å². The molecule has 1 aromatic heterocycles. The zero-order chi connectivity index (χ0) is 15.5. The molecule has 1 aliphatic heterocycles. The Hall–Kier alpha value is -1.78. The molecule has 1 aliphatic rings. The quantitative estimate of drug-likeness (QED) is 0.845. The molecule has 0 bridgehead atoms. The smallest absolute Gasteiger partial charge is 0.274 e. The molecule has 1 fully saturated rings. The van der Waals surface area contributed by atoms with Gasteiger partial charge in [-0.05, 0) is 24.3 Å². The number of pyridine rings is 1. The Morgan fingerprint density at radius 2 is 1.82 bits per heavy atom. The van der Waals surface area contributed by atoms with E-state index in [4.69, 9.17) is 23.2 Å². The summed E-state index contributed by atoms with van der Waals surface area (Å²) < 4.78 is 0. The van der Waals surface area contributed by atoms with Crippen molar-refractivity contribution in [1.82, 2.24) is 4.90 Å². The second-order valence-corrected chi connectivity index (χ2v) is 5.99. The van der Waals surface area contributed by atoms with E-state index >= 15 is 0 Å². The maximum atomic E-state index is 12.5. The monoisotopic (exact) mass is 336 g/mol. The number of H-pyrrole nitrogens is 1. The number of benzene rings is 1. The second kappa shape index (κ2) is 6.55. The molecule has 4 nitrogen and oxygen atoms in total. The van der Waals surface area contributed by atoms with Crippen molar-refractivity contribution < 1.29 is 9.78 Å². The van der Waals surface area contributed by atoms with Crippen LogP contribution in [-0.2, 0) is 0 Å². The first kappa shape index (κ1) is 15.1. The highest BCUT2D eigenvalue weighted by molar-refractivity contribution is 6.36. The Labute approximate surface area is 139 Å². The fourth-order valence-electron chi connectivity index (χ4n) is 2.56. The van der Waals surface area contributed by atoms with Crippen LogP contribution in [0.15, 0.2) is 42.6 Å². The van der Waals surface area contributed by atoms with Crippen LogP contribution >= 0.6 is 23.2 Å². The van der Waals surface area contributed by atoms with Crippen molar-refractivity contribution >= 4 is 34.9 Å². The number of carbonyl (C=O) groups excluding carboxylic acids is 1. The van der Waals surface area contributed by atoms with Crippen molar-refractivity contribution in [2.45, 2.75) is 0 Å². The SMILES string of the molecule is O=C(c1ccc(Cl)cc1Cl)N1CCN(c2cccc[nH+]2)CC1. The van der Waals surface area contributed by atoms with E-state index in [1.54, 1.807) is 18.2 Å². The van der Waals surface area contributed by atoms with Crippen LogP contribution in [0, 0.1) is 0 Å². The first-order chi connectivity index (χ1) is 10.6. The van der Waals surface area contributed by atoms with Gasteiger partial charge in [0.1, 0.15) is 13.1 Å². The highest BCUT2D eigenvalue weighted by atomic mass is 35.5. The molecule has 0 unspecified atom stereocenters. The van der Waals surface area contributed by atoms with Gasteiger partial charge in [0.2, 0.25) is 0 Å². The molecule has 3 rings (SSSR count). The first-order valence-corrected chi connectivity index (χ1v) is 7.87. The third-order valence-electron chi connectivity index (χ3n) is 3.76. The molecule has 0 radical (unpaired) electrons. The molecule has 2 heterocycles. The maximum absolute atomic E-state index is 12.5. The van der Waals surface area contributed by atoms with E-state index < -0.39 is 0 Å². The van der Waals surface area contributed by atoms with Crippen molar-refractivity contribution in [2.24, 2.45) is 0 Å². The van der Waals surface area contributed by atoms with Gasteiger partial charge in [0.25, 0.3) is 11.7 Å². The van der Waals surface area contributed by atoms with E-state index in [-0.39, 0.29) is 5.91 Å². The number of anilines is 1. The van der Waals surface area contributed by atoms with Crippen molar-refractivity contribution in [3.05, 3.63) is 58.2 Å². The fourth-order valence-corrected chi connectivity index (χ4v) is 3.05. The van der Waals surface area contributed by atoms with Gasteiger partial charge in [0.05, 0.1) is 29.9 Å². The van der Waals surface area contributed by atoms with Crippen molar-refractivity contribution in [2.75, 3.05) is 31.1 Å². The minimum atomic E-state index is -0.0432. The van der Waals surface area contributed by atoms with E-state index in [2.05, 4.69) is 9.88 Å². The number of aromatic nitrogens is 1. The van der Waals surface area contributed by atoms with Gasteiger partial charge in [0, 0.05) is 11.1 Å². The van der Waals surface area contributed by atoms with Crippen LogP contribution in [0.4, 0.5) is 5.82 Å². The van der Waals surface area contributed by atoms with E-state index in [1.807, 2.05) is 29.3 Å². The van der Waals surface area contributed by atoms with Gasteiger partial charge in [-0.3, -0.25) is 9.69 Å². The van der Waals surface area contributed by atoms with Gasteiger partial charge in [-0.15, -0.1) is 0 Å². The molecule has 1 N–H and O–H groups in total. The molecule has 1 aromatic carbocycles. The Kier molecular flexibility index (Phi) is 4.50. The Morgan fingerprint density at radius 1 is 1.05 bits per heavy atom. The summed E-state index contributed by atoms with van der Waals surface area (Å²) >= 11 is 12.0. The standard InChI is InChI=1S/C16H15Cl2N3O/c17-12-4-5-13(14(18)11-12)16(22)21-9-7-20(8-10-21)15-3-1-2-6-19-15/h1-6,11H,7-10H2/p+1. The molecule has 6 heteroatoms. The topological polar surface area (TPSA) is 37.7 Å². The lowest BCUT2D eigenvalue weighted by Gasteiger charge is -2.31. The van der Waals surface area contributed by atoms with Gasteiger partial charge in [-0.1, -0.05) is 29.3 Å². The van der Waals surface area contributed by atoms with E-state index in [0.29, 0.717) is 28.7 Å². The molecular weight excluding hydrogens is 321 g/mol. The zero-order valence-electron chi connectivity index (χ0n) is 11.9. The van der Waals surface area contributed by atoms with Crippen LogP contribution in [-0.4, -0.2) is 37.0 Å². The summed E-state index contributed by atoms with van der Waals surface area (Å²) in [6, 6.07) is 11.0. The van der Waals surface area contributed by atoms with E-state index in [1.165, 1.54) is 0 Å². The van der Waals surface area contributed by atoms with Gasteiger partial charge in [-0.2, -0.15) is 0 Å². The molecule has 114 valence electrons. The average molecular weight is 337 g/mol. The summed E-state index contributed by atoms with van der Waals surface area (Å²) in [6.07, 6.45) is 1.90. The van der Waals surface area contributed by atoms with Crippen molar-refractivity contribution in [3.63, 3.8) is 0 Å². The molecule has 22 heavy (non-hydrogen) atoms. The number of aromatic amines is 1. The largest absolute Gasteiger partial charge is 0.331 e. The highest BCUT2D eigenvalue weighted by Gasteiger charge is 2.27. The number of hydrogen-bond acceptors (Lipinski definition) is 2. The number of nitrogens with one attached hydrogen (secondary N) is 1. The number of rotatable bonds is 2. The number of amides is 1. The Morgan fingerprint density at radius 3 is 2.45 bits per heavy atom. The predicted octanol–water partition coefficient (Wildman–Crippen LogP) is 2.77. The third-order valence-corrected chi connectivity index (χ3v) is 4.31. The minimum absolute atomic E-state index is 0.0432. The summed E-state index contributed by atoms with van der Waals surface area (Å²) in [5.74, 6) is 1.03. The molecule has 2 aromatic rings. The molecule has 0 atom stereocenters. The molecule has 1 saturated heterocycles. The lowest BCUT2D eigenvalue weighted by Crippen LogP contribution is -2.50. The van der Waals surface area contributed by atoms with E-state index in [0.717, 1.165) is 18.9 Å². The summed E-state index contributed by atoms with van der Waals surface area (Å²) in [4.78, 5) is 19.8. The van der Waals surface area contributed by atoms with Gasteiger partial charge in [-0.25, -0.2) is 4.98 Å². The summed E-state index contributed by atoms with van der Waals surface area (Å²) in [5, 5.41) is 0.933. The summed E-state index contributed by atoms with van der Waals surface area (Å²) in [5.41, 5.74) is 0.505. The van der Waals surface area contributed by atoms with Crippen LogP contribution < -0.4 is 9.88 Å². The fraction of sp³-hybridized carbons (Fsp3) is 0.250. The number of hydrogen-bond donors (Lipinski definition) is 0. The van der Waals surface area contributed by atoms with Crippen LogP contribution in [0.25, 0.3) is 0 Å². The molecular formula is C16H16Cl2N3O+. The number of nitrogens with zero attached hydrogens (tertiary/aromatic N) is 2. The van der Waals surface area contributed by atoms with Crippen molar-refractivity contribution in [3.8, 4) is 0 Å². The average Bonchev–Trinajstić information content (AvgIpc) is 2.55. The third kappa shape index (κ3) is 3.18. The van der Waals surface area contributed by atoms with Gasteiger partial charge >= 0.3 is 0 Å². The number of piperazine rings is 1. The predicted molar refractivity (Wildman–Crippen MR) is 87.6 cm³/mol. The van der Waals surface area contributed by atoms with E-state index in [9.17, 15) is 4.79 Å². The molecule has 0 aliphatic carbocycles. The van der Waals surface area contributed by atoms with Crippen LogP contribution in [0.2, 0.25) is 10.0 Å². The first-order valence-electron chi connectivity index (χ1n) is 7.11. The second-order valence-electron chi connectivity index (χ2n) is 5.15. The van der Waals surface area contributed by atoms with Gasteiger partial charge < -0.3 is 4.90 Å². The van der Waals surface area contributed by atoms with Crippen LogP contribution in [0.5, 0.6) is 0 Å². The maximum Gasteiger partial charge on any atom is 0.274 e. The highest BCUT2D eigenvalue weighted by Crippen LogP contribution is 2.23. The van der Waals surface area contributed by atoms with Crippen molar-refractivity contribution in [1.29, 1.82) is 0 Å². The zero-order valence-corrected chi connectivity index (χ0v) is 13.4.